The lowest BCUT2D eigenvalue weighted by molar-refractivity contribution is 0.0910. The Morgan fingerprint density at radius 2 is 2.05 bits per heavy atom. The second-order valence-corrected chi connectivity index (χ2v) is 6.32. The minimum absolute atomic E-state index is 0.102. The molecule has 0 bridgehead atoms. The molecule has 1 unspecified atom stereocenters. The molecule has 0 fully saturated rings. The predicted molar refractivity (Wildman–Crippen MR) is 80.3 cm³/mol. The van der Waals surface area contributed by atoms with Crippen LogP contribution in [0.1, 0.15) is 50.6 Å². The van der Waals surface area contributed by atoms with Gasteiger partial charge in [-0.15, -0.1) is 0 Å². The van der Waals surface area contributed by atoms with E-state index in [2.05, 4.69) is 21.2 Å². The minimum Gasteiger partial charge on any atom is -0.393 e. The van der Waals surface area contributed by atoms with E-state index in [1.165, 1.54) is 0 Å². The van der Waals surface area contributed by atoms with Crippen molar-refractivity contribution in [3.63, 3.8) is 0 Å². The molecular formula is C14H23BrN2O2. The number of nitrogens with one attached hydrogen (secondary N) is 1. The summed E-state index contributed by atoms with van der Waals surface area (Å²) < 4.78 is 2.83. The van der Waals surface area contributed by atoms with Crippen LogP contribution >= 0.6 is 15.9 Å². The Labute approximate surface area is 123 Å². The molecule has 19 heavy (non-hydrogen) atoms. The fourth-order valence-electron chi connectivity index (χ4n) is 1.81. The van der Waals surface area contributed by atoms with Crippen molar-refractivity contribution < 1.29 is 9.90 Å². The highest BCUT2D eigenvalue weighted by Crippen LogP contribution is 2.19. The van der Waals surface area contributed by atoms with Crippen LogP contribution in [0, 0.1) is 5.92 Å². The first-order valence-corrected chi connectivity index (χ1v) is 7.45. The Hall–Kier alpha value is -0.810. The summed E-state index contributed by atoms with van der Waals surface area (Å²) in [5, 5.41) is 12.5. The molecule has 0 aromatic carbocycles. The van der Waals surface area contributed by atoms with Gasteiger partial charge in [0.1, 0.15) is 5.69 Å². The first kappa shape index (κ1) is 16.2. The number of amides is 1. The Balaban J connectivity index is 2.59. The van der Waals surface area contributed by atoms with Crippen LogP contribution in [-0.2, 0) is 0 Å². The third kappa shape index (κ3) is 4.66. The lowest BCUT2D eigenvalue weighted by atomic mass is 10.0. The molecule has 1 aromatic rings. The van der Waals surface area contributed by atoms with Crippen LogP contribution in [0.5, 0.6) is 0 Å². The fraction of sp³-hybridized carbons (Fsp3) is 0.643. The molecule has 2 N–H and O–H groups in total. The first-order chi connectivity index (χ1) is 8.82. The van der Waals surface area contributed by atoms with Gasteiger partial charge in [-0.1, -0.05) is 13.8 Å². The highest BCUT2D eigenvalue weighted by Gasteiger charge is 2.15. The number of aliphatic hydroxyl groups is 1. The lowest BCUT2D eigenvalue weighted by Crippen LogP contribution is -2.30. The van der Waals surface area contributed by atoms with E-state index in [4.69, 9.17) is 0 Å². The van der Waals surface area contributed by atoms with Crippen LogP contribution < -0.4 is 5.32 Å². The van der Waals surface area contributed by atoms with E-state index in [1.54, 1.807) is 0 Å². The van der Waals surface area contributed by atoms with Crippen molar-refractivity contribution in [1.82, 2.24) is 9.88 Å². The maximum atomic E-state index is 12.1. The Kier molecular flexibility index (Phi) is 6.07. The molecule has 4 nitrogen and oxygen atoms in total. The summed E-state index contributed by atoms with van der Waals surface area (Å²) >= 11 is 3.39. The summed E-state index contributed by atoms with van der Waals surface area (Å²) in [7, 11) is 0. The Bertz CT molecular complexity index is 427. The second-order valence-electron chi connectivity index (χ2n) is 5.40. The van der Waals surface area contributed by atoms with E-state index in [9.17, 15) is 9.90 Å². The number of rotatable bonds is 6. The van der Waals surface area contributed by atoms with Crippen molar-refractivity contribution in [3.05, 3.63) is 22.4 Å². The van der Waals surface area contributed by atoms with E-state index in [1.807, 2.05) is 44.5 Å². The van der Waals surface area contributed by atoms with Crippen LogP contribution in [0.4, 0.5) is 0 Å². The average molecular weight is 331 g/mol. The van der Waals surface area contributed by atoms with Crippen molar-refractivity contribution in [3.8, 4) is 0 Å². The van der Waals surface area contributed by atoms with Crippen molar-refractivity contribution >= 4 is 21.8 Å². The quantitative estimate of drug-likeness (QED) is 0.842. The van der Waals surface area contributed by atoms with Crippen LogP contribution in [0.2, 0.25) is 0 Å². The molecule has 0 aliphatic carbocycles. The second kappa shape index (κ2) is 7.10. The average Bonchev–Trinajstić information content (AvgIpc) is 2.71. The monoisotopic (exact) mass is 330 g/mol. The SMILES string of the molecule is CC(C)C(O)CCNC(=O)c1cc(Br)cn1C(C)C. The van der Waals surface area contributed by atoms with Gasteiger partial charge in [0, 0.05) is 23.3 Å². The van der Waals surface area contributed by atoms with Gasteiger partial charge in [-0.3, -0.25) is 4.79 Å². The Morgan fingerprint density at radius 1 is 1.42 bits per heavy atom. The summed E-state index contributed by atoms with van der Waals surface area (Å²) in [5.41, 5.74) is 0.640. The number of aromatic nitrogens is 1. The Morgan fingerprint density at radius 3 is 2.58 bits per heavy atom. The molecule has 0 aliphatic heterocycles. The van der Waals surface area contributed by atoms with Crippen LogP contribution in [0.15, 0.2) is 16.7 Å². The largest absolute Gasteiger partial charge is 0.393 e. The summed E-state index contributed by atoms with van der Waals surface area (Å²) in [6.07, 6.45) is 2.11. The number of carbonyl (C=O) groups is 1. The minimum atomic E-state index is -0.371. The summed E-state index contributed by atoms with van der Waals surface area (Å²) in [6.45, 7) is 8.48. The van der Waals surface area contributed by atoms with Crippen molar-refractivity contribution in [1.29, 1.82) is 0 Å². The van der Waals surface area contributed by atoms with Crippen LogP contribution in [0.25, 0.3) is 0 Å². The maximum Gasteiger partial charge on any atom is 0.267 e. The van der Waals surface area contributed by atoms with Gasteiger partial charge in [-0.2, -0.15) is 0 Å². The molecule has 0 aliphatic rings. The molecule has 1 atom stereocenters. The highest BCUT2D eigenvalue weighted by atomic mass is 79.9. The van der Waals surface area contributed by atoms with Gasteiger partial charge in [-0.25, -0.2) is 0 Å². The fourth-order valence-corrected chi connectivity index (χ4v) is 2.25. The summed E-state index contributed by atoms with van der Waals surface area (Å²) in [4.78, 5) is 12.1. The van der Waals surface area contributed by atoms with Crippen molar-refractivity contribution in [2.24, 2.45) is 5.92 Å². The van der Waals surface area contributed by atoms with Crippen LogP contribution in [-0.4, -0.2) is 28.2 Å². The number of nitrogens with zero attached hydrogens (tertiary/aromatic N) is 1. The van der Waals surface area contributed by atoms with Gasteiger partial charge in [0.2, 0.25) is 0 Å². The van der Waals surface area contributed by atoms with Crippen molar-refractivity contribution in [2.45, 2.75) is 46.3 Å². The van der Waals surface area contributed by atoms with Gasteiger partial charge in [-0.05, 0) is 48.2 Å². The molecule has 1 rings (SSSR count). The number of aliphatic hydroxyl groups excluding tert-OH is 1. The molecule has 1 aromatic heterocycles. The molecule has 1 heterocycles. The molecular weight excluding hydrogens is 308 g/mol. The normalized spacial score (nSPS) is 13.1. The molecule has 1 amide bonds. The molecule has 0 spiro atoms. The third-order valence-electron chi connectivity index (χ3n) is 3.10. The number of halogens is 1. The van der Waals surface area contributed by atoms with Crippen LogP contribution in [0.3, 0.4) is 0 Å². The molecule has 5 heteroatoms. The summed E-state index contributed by atoms with van der Waals surface area (Å²) in [5.74, 6) is 0.112. The van der Waals surface area contributed by atoms with E-state index in [0.29, 0.717) is 18.7 Å². The third-order valence-corrected chi connectivity index (χ3v) is 3.53. The summed E-state index contributed by atoms with van der Waals surface area (Å²) in [6, 6.07) is 2.04. The molecule has 108 valence electrons. The zero-order valence-electron chi connectivity index (χ0n) is 12.0. The van der Waals surface area contributed by atoms with Crippen molar-refractivity contribution in [2.75, 3.05) is 6.54 Å². The van der Waals surface area contributed by atoms with E-state index >= 15 is 0 Å². The number of hydrogen-bond acceptors (Lipinski definition) is 2. The number of carbonyl (C=O) groups excluding carboxylic acids is 1. The highest BCUT2D eigenvalue weighted by molar-refractivity contribution is 9.10. The van der Waals surface area contributed by atoms with Gasteiger partial charge in [0.15, 0.2) is 0 Å². The zero-order valence-corrected chi connectivity index (χ0v) is 13.6. The van der Waals surface area contributed by atoms with Gasteiger partial charge >= 0.3 is 0 Å². The molecule has 0 radical (unpaired) electrons. The molecule has 0 saturated carbocycles. The lowest BCUT2D eigenvalue weighted by Gasteiger charge is -2.15. The van der Waals surface area contributed by atoms with E-state index in [0.717, 1.165) is 4.47 Å². The van der Waals surface area contributed by atoms with Gasteiger partial charge < -0.3 is 15.0 Å². The van der Waals surface area contributed by atoms with Gasteiger partial charge in [0.25, 0.3) is 5.91 Å². The predicted octanol–water partition coefficient (Wildman–Crippen LogP) is 2.97. The number of hydrogen-bond donors (Lipinski definition) is 2. The molecule has 0 saturated heterocycles. The van der Waals surface area contributed by atoms with E-state index in [-0.39, 0.29) is 24.0 Å². The first-order valence-electron chi connectivity index (χ1n) is 6.66. The zero-order chi connectivity index (χ0) is 14.6. The topological polar surface area (TPSA) is 54.3 Å². The maximum absolute atomic E-state index is 12.1. The smallest absolute Gasteiger partial charge is 0.267 e. The standard InChI is InChI=1S/C14H23BrN2O2/c1-9(2)13(18)5-6-16-14(19)12-7-11(15)8-17(12)10(3)4/h7-10,13,18H,5-6H2,1-4H3,(H,16,19). The van der Waals surface area contributed by atoms with E-state index < -0.39 is 0 Å². The van der Waals surface area contributed by atoms with Gasteiger partial charge in [0.05, 0.1) is 6.10 Å².